The predicted octanol–water partition coefficient (Wildman–Crippen LogP) is 4.69. The summed E-state index contributed by atoms with van der Waals surface area (Å²) in [6.07, 6.45) is 3.45. The van der Waals surface area contributed by atoms with Crippen molar-refractivity contribution in [2.24, 2.45) is 0 Å². The van der Waals surface area contributed by atoms with Gasteiger partial charge in [0.05, 0.1) is 0 Å². The monoisotopic (exact) mass is 528 g/mol. The Hall–Kier alpha value is -3.47. The number of ether oxygens (including phenoxy) is 1. The van der Waals surface area contributed by atoms with E-state index in [0.29, 0.717) is 18.5 Å². The van der Waals surface area contributed by atoms with E-state index in [9.17, 15) is 9.50 Å². The number of halogens is 1. The molecule has 196 valence electrons. The van der Waals surface area contributed by atoms with Gasteiger partial charge in [-0.2, -0.15) is 0 Å². The number of aliphatic carboxylic acids is 2. The first-order chi connectivity index (χ1) is 17.7. The van der Waals surface area contributed by atoms with E-state index in [-0.39, 0.29) is 12.4 Å². The lowest BCUT2D eigenvalue weighted by molar-refractivity contribution is -0.159. The first-order valence-electron chi connectivity index (χ1n) is 12.0. The van der Waals surface area contributed by atoms with Crippen molar-refractivity contribution in [2.45, 2.75) is 37.8 Å². The Balaban J connectivity index is 0.000000480. The van der Waals surface area contributed by atoms with Gasteiger partial charge in [0, 0.05) is 39.3 Å². The number of rotatable bonds is 6. The summed E-state index contributed by atoms with van der Waals surface area (Å²) in [6.45, 7) is 4.06. The van der Waals surface area contributed by atoms with Crippen LogP contribution in [0, 0.1) is 5.82 Å². The fourth-order valence-electron chi connectivity index (χ4n) is 4.67. The van der Waals surface area contributed by atoms with Gasteiger partial charge in [0.1, 0.15) is 24.3 Å². The fourth-order valence-corrected chi connectivity index (χ4v) is 5.91. The molecule has 0 unspecified atom stereocenters. The Labute approximate surface area is 216 Å². The van der Waals surface area contributed by atoms with E-state index in [1.165, 1.54) is 10.9 Å². The smallest absolute Gasteiger partial charge is 0.414 e. The number of piperidine rings is 1. The first kappa shape index (κ1) is 26.6. The topological polar surface area (TPSA) is 123 Å². The van der Waals surface area contributed by atoms with E-state index in [0.717, 1.165) is 46.1 Å². The summed E-state index contributed by atoms with van der Waals surface area (Å²) < 4.78 is 20.5. The van der Waals surface area contributed by atoms with Gasteiger partial charge in [-0.05, 0) is 74.0 Å². The summed E-state index contributed by atoms with van der Waals surface area (Å²) >= 11 is 1.71. The maximum absolute atomic E-state index is 13.5. The van der Waals surface area contributed by atoms with Crippen LogP contribution in [0.5, 0.6) is 5.75 Å². The second-order valence-electron chi connectivity index (χ2n) is 9.17. The van der Waals surface area contributed by atoms with Crippen LogP contribution in [0.1, 0.15) is 30.6 Å². The van der Waals surface area contributed by atoms with Gasteiger partial charge in [-0.3, -0.25) is 4.90 Å². The minimum Gasteiger partial charge on any atom is -0.490 e. The number of likely N-dealkylation sites (tertiary alicyclic amines) is 1. The summed E-state index contributed by atoms with van der Waals surface area (Å²) in [5, 5.41) is 27.5. The summed E-state index contributed by atoms with van der Waals surface area (Å²) in [6, 6.07) is 15.5. The van der Waals surface area contributed by atoms with E-state index >= 15 is 0 Å². The highest BCUT2D eigenvalue weighted by Gasteiger charge is 2.29. The van der Waals surface area contributed by atoms with Crippen LogP contribution >= 0.6 is 11.3 Å². The first-order valence-corrected chi connectivity index (χ1v) is 12.8. The van der Waals surface area contributed by atoms with Crippen molar-refractivity contribution in [3.05, 3.63) is 65.4 Å². The molecule has 5 rings (SSSR count). The summed E-state index contributed by atoms with van der Waals surface area (Å²) in [5.74, 6) is -2.53. The number of aromatic nitrogens is 1. The number of nitrogens with one attached hydrogen (secondary N) is 1. The number of carboxylic acid groups (broad SMARTS) is 2. The number of hydrogen-bond donors (Lipinski definition) is 4. The maximum Gasteiger partial charge on any atom is 0.414 e. The van der Waals surface area contributed by atoms with Gasteiger partial charge >= 0.3 is 11.9 Å². The van der Waals surface area contributed by atoms with E-state index in [2.05, 4.69) is 22.9 Å². The average molecular weight is 529 g/mol. The van der Waals surface area contributed by atoms with Crippen LogP contribution in [0.4, 0.5) is 4.39 Å². The van der Waals surface area contributed by atoms with E-state index < -0.39 is 18.0 Å². The highest BCUT2D eigenvalue weighted by molar-refractivity contribution is 7.19. The fraction of sp³-hybridized carbons (Fsp3) is 0.333. The van der Waals surface area contributed by atoms with Gasteiger partial charge in [-0.1, -0.05) is 12.1 Å². The third-order valence-electron chi connectivity index (χ3n) is 6.53. The molecule has 1 aliphatic rings. The van der Waals surface area contributed by atoms with Crippen LogP contribution in [-0.2, 0) is 9.59 Å². The molecular weight excluding hydrogens is 499 g/mol. The number of aromatic amines is 1. The molecule has 1 saturated heterocycles. The van der Waals surface area contributed by atoms with Crippen molar-refractivity contribution in [2.75, 3.05) is 19.7 Å². The lowest BCUT2D eigenvalue weighted by Crippen LogP contribution is -2.45. The van der Waals surface area contributed by atoms with Crippen LogP contribution in [0.3, 0.4) is 0 Å². The molecular formula is C27H29FN2O6S. The third-order valence-corrected chi connectivity index (χ3v) is 7.79. The number of nitrogens with zero attached hydrogens (tertiary/aromatic N) is 1. The van der Waals surface area contributed by atoms with Crippen molar-refractivity contribution in [1.82, 2.24) is 9.88 Å². The zero-order valence-corrected chi connectivity index (χ0v) is 21.1. The van der Waals surface area contributed by atoms with Gasteiger partial charge in [0.2, 0.25) is 0 Å². The van der Waals surface area contributed by atoms with E-state index in [1.54, 1.807) is 17.4 Å². The minimum absolute atomic E-state index is 0.173. The lowest BCUT2D eigenvalue weighted by Gasteiger charge is -2.38. The number of H-pyrrole nitrogens is 1. The number of aliphatic hydroxyl groups is 1. The van der Waals surface area contributed by atoms with Crippen LogP contribution in [0.2, 0.25) is 0 Å². The van der Waals surface area contributed by atoms with E-state index in [4.69, 9.17) is 24.5 Å². The number of aliphatic hydroxyl groups excluding tert-OH is 1. The molecule has 4 aromatic rings. The Kier molecular flexibility index (Phi) is 8.42. The van der Waals surface area contributed by atoms with Gasteiger partial charge < -0.3 is 25.0 Å². The SMILES string of the molecule is C[C@H]1C[C@@H](c2cc3ccc(F)cc3s2)CCN1C[C@H](O)COc1cccc2[nH]ccc12.O=C(O)C(=O)O. The van der Waals surface area contributed by atoms with Gasteiger partial charge in [-0.15, -0.1) is 11.3 Å². The number of carboxylic acids is 2. The second-order valence-corrected chi connectivity index (χ2v) is 10.3. The molecule has 0 radical (unpaired) electrons. The molecule has 2 aromatic carbocycles. The van der Waals surface area contributed by atoms with E-state index in [1.807, 2.05) is 36.5 Å². The molecule has 8 nitrogen and oxygen atoms in total. The number of carbonyl (C=O) groups is 2. The van der Waals surface area contributed by atoms with Crippen LogP contribution in [0.15, 0.2) is 54.7 Å². The van der Waals surface area contributed by atoms with Crippen molar-refractivity contribution < 1.29 is 34.0 Å². The molecule has 3 atom stereocenters. The summed E-state index contributed by atoms with van der Waals surface area (Å²) in [4.78, 5) is 25.1. The molecule has 10 heteroatoms. The maximum atomic E-state index is 13.5. The van der Waals surface area contributed by atoms with Crippen molar-refractivity contribution >= 4 is 44.3 Å². The highest BCUT2D eigenvalue weighted by atomic mass is 32.1. The van der Waals surface area contributed by atoms with Crippen LogP contribution in [-0.4, -0.2) is 69.0 Å². The molecule has 4 N–H and O–H groups in total. The molecule has 37 heavy (non-hydrogen) atoms. The number of β-amino-alcohol motifs (C(OH)–C–C–N with tert-alkyl or cyclic N) is 1. The normalized spacial score (nSPS) is 18.8. The Morgan fingerprint density at radius 1 is 1.19 bits per heavy atom. The number of benzene rings is 2. The number of thiophene rings is 1. The predicted molar refractivity (Wildman–Crippen MR) is 140 cm³/mol. The van der Waals surface area contributed by atoms with Gasteiger partial charge in [0.25, 0.3) is 0 Å². The van der Waals surface area contributed by atoms with Crippen molar-refractivity contribution in [3.8, 4) is 5.75 Å². The molecule has 0 aliphatic carbocycles. The summed E-state index contributed by atoms with van der Waals surface area (Å²) in [5.41, 5.74) is 1.03. The molecule has 2 aromatic heterocycles. The molecule has 1 aliphatic heterocycles. The second kappa shape index (κ2) is 11.7. The number of fused-ring (bicyclic) bond motifs is 2. The molecule has 0 saturated carbocycles. The zero-order valence-electron chi connectivity index (χ0n) is 20.3. The Morgan fingerprint density at radius 3 is 2.70 bits per heavy atom. The zero-order chi connectivity index (χ0) is 26.5. The number of hydrogen-bond acceptors (Lipinski definition) is 6. The standard InChI is InChI=1S/C25H27FN2O2S.C2H2O4/c1-16-11-18(24-12-17-5-6-19(26)13-25(17)31-24)8-10-28(16)14-20(29)15-30-23-4-2-3-22-21(23)7-9-27-22;3-1(4)2(5)6/h2-7,9,12-13,16,18,20,27,29H,8,10-11,14-15H2,1H3;(H,3,4)(H,5,6)/t16-,18-,20-;/m0./s1. The largest absolute Gasteiger partial charge is 0.490 e. The molecule has 0 spiro atoms. The third kappa shape index (κ3) is 6.65. The van der Waals surface area contributed by atoms with Crippen LogP contribution in [0.25, 0.3) is 21.0 Å². The van der Waals surface area contributed by atoms with Crippen LogP contribution < -0.4 is 4.74 Å². The van der Waals surface area contributed by atoms with Crippen molar-refractivity contribution in [3.63, 3.8) is 0 Å². The van der Waals surface area contributed by atoms with Gasteiger partial charge in [-0.25, -0.2) is 14.0 Å². The highest BCUT2D eigenvalue weighted by Crippen LogP contribution is 2.38. The lowest BCUT2D eigenvalue weighted by atomic mass is 9.90. The molecule has 3 heterocycles. The minimum atomic E-state index is -1.82. The average Bonchev–Trinajstić information content (AvgIpc) is 3.51. The Bertz CT molecular complexity index is 1370. The van der Waals surface area contributed by atoms with Crippen molar-refractivity contribution in [1.29, 1.82) is 0 Å². The molecule has 0 amide bonds. The molecule has 1 fully saturated rings. The Morgan fingerprint density at radius 2 is 1.97 bits per heavy atom. The quantitative estimate of drug-likeness (QED) is 0.268. The molecule has 0 bridgehead atoms. The summed E-state index contributed by atoms with van der Waals surface area (Å²) in [7, 11) is 0. The van der Waals surface area contributed by atoms with Gasteiger partial charge in [0.15, 0.2) is 0 Å².